The summed E-state index contributed by atoms with van der Waals surface area (Å²) in [5.41, 5.74) is 1.63. The van der Waals surface area contributed by atoms with Gasteiger partial charge in [0.05, 0.1) is 13.5 Å². The summed E-state index contributed by atoms with van der Waals surface area (Å²) >= 11 is 5.79. The molecule has 0 atom stereocenters. The molecule has 0 unspecified atom stereocenters. The SMILES string of the molecule is COC(=O)Cc1ccc(OC(=O)/C=C/c2ccc(Cl)cc2)cc1. The predicted molar refractivity (Wildman–Crippen MR) is 88.3 cm³/mol. The molecule has 2 rings (SSSR count). The summed E-state index contributed by atoms with van der Waals surface area (Å²) in [6.07, 6.45) is 3.16. The van der Waals surface area contributed by atoms with Crippen LogP contribution in [0.4, 0.5) is 0 Å². The maximum absolute atomic E-state index is 11.8. The summed E-state index contributed by atoms with van der Waals surface area (Å²) < 4.78 is 9.77. The highest BCUT2D eigenvalue weighted by molar-refractivity contribution is 6.30. The number of esters is 2. The average Bonchev–Trinajstić information content (AvgIpc) is 2.56. The first kappa shape index (κ1) is 16.8. The van der Waals surface area contributed by atoms with E-state index in [4.69, 9.17) is 16.3 Å². The van der Waals surface area contributed by atoms with Crippen molar-refractivity contribution in [3.05, 3.63) is 70.8 Å². The topological polar surface area (TPSA) is 52.6 Å². The molecule has 23 heavy (non-hydrogen) atoms. The Morgan fingerprint density at radius 3 is 2.30 bits per heavy atom. The molecule has 0 N–H and O–H groups in total. The van der Waals surface area contributed by atoms with Crippen LogP contribution in [-0.2, 0) is 20.7 Å². The van der Waals surface area contributed by atoms with E-state index in [0.717, 1.165) is 11.1 Å². The zero-order valence-corrected chi connectivity index (χ0v) is 13.2. The number of benzene rings is 2. The molecule has 0 fully saturated rings. The average molecular weight is 331 g/mol. The molecule has 2 aromatic rings. The van der Waals surface area contributed by atoms with E-state index < -0.39 is 5.97 Å². The Labute approximate surface area is 139 Å². The van der Waals surface area contributed by atoms with Crippen LogP contribution in [-0.4, -0.2) is 19.0 Å². The number of ether oxygens (including phenoxy) is 2. The molecule has 0 heterocycles. The number of hydrogen-bond donors (Lipinski definition) is 0. The van der Waals surface area contributed by atoms with Gasteiger partial charge in [0.15, 0.2) is 0 Å². The van der Waals surface area contributed by atoms with E-state index in [1.165, 1.54) is 13.2 Å². The van der Waals surface area contributed by atoms with Crippen LogP contribution in [0.2, 0.25) is 5.02 Å². The first-order valence-electron chi connectivity index (χ1n) is 6.88. The van der Waals surface area contributed by atoms with Crippen molar-refractivity contribution in [2.75, 3.05) is 7.11 Å². The highest BCUT2D eigenvalue weighted by Gasteiger charge is 2.04. The number of halogens is 1. The van der Waals surface area contributed by atoms with Gasteiger partial charge in [0.25, 0.3) is 0 Å². The van der Waals surface area contributed by atoms with Crippen molar-refractivity contribution >= 4 is 29.6 Å². The fraction of sp³-hybridized carbons (Fsp3) is 0.111. The quantitative estimate of drug-likeness (QED) is 0.477. The lowest BCUT2D eigenvalue weighted by atomic mass is 10.1. The molecule has 0 spiro atoms. The Bertz CT molecular complexity index is 703. The van der Waals surface area contributed by atoms with Crippen LogP contribution in [0.25, 0.3) is 6.08 Å². The molecule has 2 aromatic carbocycles. The van der Waals surface area contributed by atoms with Gasteiger partial charge in [0.1, 0.15) is 5.75 Å². The summed E-state index contributed by atoms with van der Waals surface area (Å²) in [4.78, 5) is 22.9. The molecule has 0 aliphatic carbocycles. The van der Waals surface area contributed by atoms with Crippen LogP contribution in [0.1, 0.15) is 11.1 Å². The molecule has 118 valence electrons. The Kier molecular flexibility index (Phi) is 5.94. The van der Waals surface area contributed by atoms with Crippen LogP contribution in [0.15, 0.2) is 54.6 Å². The van der Waals surface area contributed by atoms with Gasteiger partial charge in [-0.2, -0.15) is 0 Å². The van der Waals surface area contributed by atoms with Gasteiger partial charge in [-0.15, -0.1) is 0 Å². The van der Waals surface area contributed by atoms with E-state index in [-0.39, 0.29) is 12.4 Å². The monoisotopic (exact) mass is 330 g/mol. The minimum absolute atomic E-state index is 0.182. The van der Waals surface area contributed by atoms with E-state index in [2.05, 4.69) is 4.74 Å². The van der Waals surface area contributed by atoms with Gasteiger partial charge in [-0.25, -0.2) is 4.79 Å². The lowest BCUT2D eigenvalue weighted by Gasteiger charge is -2.03. The third-order valence-corrected chi connectivity index (χ3v) is 3.25. The van der Waals surface area contributed by atoms with Crippen molar-refractivity contribution in [2.24, 2.45) is 0 Å². The second-order valence-corrected chi connectivity index (χ2v) is 5.14. The Morgan fingerprint density at radius 1 is 1.04 bits per heavy atom. The normalized spacial score (nSPS) is 10.5. The second kappa shape index (κ2) is 8.15. The molecular formula is C18H15ClO4. The molecule has 0 bridgehead atoms. The first-order valence-corrected chi connectivity index (χ1v) is 7.26. The third-order valence-electron chi connectivity index (χ3n) is 3.00. The van der Waals surface area contributed by atoms with Crippen LogP contribution < -0.4 is 4.74 Å². The largest absolute Gasteiger partial charge is 0.469 e. The molecule has 0 aromatic heterocycles. The van der Waals surface area contributed by atoms with Crippen molar-refractivity contribution in [3.8, 4) is 5.75 Å². The lowest BCUT2D eigenvalue weighted by molar-refractivity contribution is -0.139. The summed E-state index contributed by atoms with van der Waals surface area (Å²) in [6.45, 7) is 0. The van der Waals surface area contributed by atoms with Gasteiger partial charge >= 0.3 is 11.9 Å². The van der Waals surface area contributed by atoms with Gasteiger partial charge in [-0.05, 0) is 41.5 Å². The van der Waals surface area contributed by atoms with Crippen molar-refractivity contribution in [2.45, 2.75) is 6.42 Å². The van der Waals surface area contributed by atoms with Gasteiger partial charge in [-0.1, -0.05) is 35.9 Å². The zero-order chi connectivity index (χ0) is 16.7. The smallest absolute Gasteiger partial charge is 0.336 e. The van der Waals surface area contributed by atoms with Gasteiger partial charge < -0.3 is 9.47 Å². The van der Waals surface area contributed by atoms with Crippen LogP contribution in [0.3, 0.4) is 0 Å². The van der Waals surface area contributed by atoms with Gasteiger partial charge in [-0.3, -0.25) is 4.79 Å². The summed E-state index contributed by atoms with van der Waals surface area (Å²) in [7, 11) is 1.34. The zero-order valence-electron chi connectivity index (χ0n) is 12.5. The van der Waals surface area contributed by atoms with Gasteiger partial charge in [0.2, 0.25) is 0 Å². The van der Waals surface area contributed by atoms with E-state index in [1.54, 1.807) is 54.6 Å². The summed E-state index contributed by atoms with van der Waals surface area (Å²) in [6, 6.07) is 13.8. The fourth-order valence-corrected chi connectivity index (χ4v) is 1.93. The Morgan fingerprint density at radius 2 is 1.70 bits per heavy atom. The number of carbonyl (C=O) groups excluding carboxylic acids is 2. The fourth-order valence-electron chi connectivity index (χ4n) is 1.80. The predicted octanol–water partition coefficient (Wildman–Crippen LogP) is 3.67. The van der Waals surface area contributed by atoms with Crippen molar-refractivity contribution in [1.82, 2.24) is 0 Å². The highest BCUT2D eigenvalue weighted by Crippen LogP contribution is 2.14. The minimum atomic E-state index is -0.485. The summed E-state index contributed by atoms with van der Waals surface area (Å²) in [5.74, 6) is -0.398. The van der Waals surface area contributed by atoms with Crippen LogP contribution in [0, 0.1) is 0 Å². The standard InChI is InChI=1S/C18H15ClO4/c1-22-18(21)12-14-4-9-16(10-5-14)23-17(20)11-6-13-2-7-15(19)8-3-13/h2-11H,12H2,1H3/b11-6+. The van der Waals surface area contributed by atoms with Crippen molar-refractivity contribution < 1.29 is 19.1 Å². The molecule has 0 aliphatic heterocycles. The number of hydrogen-bond acceptors (Lipinski definition) is 4. The third kappa shape index (κ3) is 5.60. The lowest BCUT2D eigenvalue weighted by Crippen LogP contribution is -2.05. The van der Waals surface area contributed by atoms with E-state index in [1.807, 2.05) is 0 Å². The number of rotatable bonds is 5. The molecular weight excluding hydrogens is 316 g/mol. The van der Waals surface area contributed by atoms with Crippen LogP contribution >= 0.6 is 11.6 Å². The number of methoxy groups -OCH3 is 1. The molecule has 0 aliphatic rings. The molecule has 4 nitrogen and oxygen atoms in total. The van der Waals surface area contributed by atoms with Crippen molar-refractivity contribution in [1.29, 1.82) is 0 Å². The maximum atomic E-state index is 11.8. The molecule has 0 saturated heterocycles. The Hall–Kier alpha value is -2.59. The van der Waals surface area contributed by atoms with E-state index in [0.29, 0.717) is 10.8 Å². The minimum Gasteiger partial charge on any atom is -0.469 e. The summed E-state index contributed by atoms with van der Waals surface area (Å²) in [5, 5.41) is 0.636. The van der Waals surface area contributed by atoms with E-state index >= 15 is 0 Å². The molecule has 0 saturated carbocycles. The molecule has 0 amide bonds. The highest BCUT2D eigenvalue weighted by atomic mass is 35.5. The maximum Gasteiger partial charge on any atom is 0.336 e. The van der Waals surface area contributed by atoms with Gasteiger partial charge in [0, 0.05) is 11.1 Å². The Balaban J connectivity index is 1.92. The number of carbonyl (C=O) groups is 2. The molecule has 0 radical (unpaired) electrons. The van der Waals surface area contributed by atoms with Crippen LogP contribution in [0.5, 0.6) is 5.75 Å². The second-order valence-electron chi connectivity index (χ2n) is 4.70. The van der Waals surface area contributed by atoms with Crippen molar-refractivity contribution in [3.63, 3.8) is 0 Å². The van der Waals surface area contributed by atoms with E-state index in [9.17, 15) is 9.59 Å². The molecule has 5 heteroatoms. The first-order chi connectivity index (χ1) is 11.1.